The zero-order valence-electron chi connectivity index (χ0n) is 15.8. The van der Waals surface area contributed by atoms with Crippen molar-refractivity contribution in [3.05, 3.63) is 94.0 Å². The van der Waals surface area contributed by atoms with E-state index in [9.17, 15) is 9.59 Å². The molecular formula is C23H14Cl2N2O3S. The summed E-state index contributed by atoms with van der Waals surface area (Å²) < 4.78 is 5.92. The molecule has 1 aliphatic heterocycles. The molecule has 2 amide bonds. The fraction of sp³-hybridized carbons (Fsp3) is 0. The lowest BCUT2D eigenvalue weighted by molar-refractivity contribution is -0.122. The van der Waals surface area contributed by atoms with Crippen molar-refractivity contribution in [2.75, 3.05) is 4.90 Å². The number of para-hydroxylation sites is 1. The standard InChI is InChI=1S/C23H14Cl2N2O3S/c24-15-5-9-17(10-6-15)27-22(29)19(21(28)26-23(27)31)13-14-3-1-2-4-20(14)30-18-11-7-16(25)8-12-18/h1-13H,(H,26,28,31). The van der Waals surface area contributed by atoms with Gasteiger partial charge in [0.1, 0.15) is 17.1 Å². The highest BCUT2D eigenvalue weighted by atomic mass is 35.5. The van der Waals surface area contributed by atoms with Crippen molar-refractivity contribution < 1.29 is 14.3 Å². The van der Waals surface area contributed by atoms with Crippen molar-refractivity contribution in [2.24, 2.45) is 0 Å². The lowest BCUT2D eigenvalue weighted by atomic mass is 10.1. The number of hydrogen-bond acceptors (Lipinski definition) is 4. The Hall–Kier alpha value is -3.19. The van der Waals surface area contributed by atoms with Gasteiger partial charge in [-0.15, -0.1) is 0 Å². The topological polar surface area (TPSA) is 58.6 Å². The quantitative estimate of drug-likeness (QED) is 0.306. The molecule has 5 nitrogen and oxygen atoms in total. The van der Waals surface area contributed by atoms with Crippen molar-refractivity contribution in [2.45, 2.75) is 0 Å². The van der Waals surface area contributed by atoms with Gasteiger partial charge in [0.05, 0.1) is 5.69 Å². The molecule has 3 aromatic rings. The van der Waals surface area contributed by atoms with E-state index < -0.39 is 11.8 Å². The van der Waals surface area contributed by atoms with Crippen LogP contribution < -0.4 is 15.0 Å². The predicted molar refractivity (Wildman–Crippen MR) is 126 cm³/mol. The molecular weight excluding hydrogens is 455 g/mol. The summed E-state index contributed by atoms with van der Waals surface area (Å²) in [6.45, 7) is 0. The van der Waals surface area contributed by atoms with Crippen LogP contribution in [0.1, 0.15) is 5.56 Å². The van der Waals surface area contributed by atoms with Gasteiger partial charge in [0.25, 0.3) is 11.8 Å². The Kier molecular flexibility index (Phi) is 6.04. The second-order valence-electron chi connectivity index (χ2n) is 6.53. The summed E-state index contributed by atoms with van der Waals surface area (Å²) >= 11 is 17.1. The van der Waals surface area contributed by atoms with Crippen LogP contribution in [0.4, 0.5) is 5.69 Å². The SMILES string of the molecule is O=C1NC(=S)N(c2ccc(Cl)cc2)C(=O)C1=Cc1ccccc1Oc1ccc(Cl)cc1. The largest absolute Gasteiger partial charge is 0.457 e. The first-order valence-electron chi connectivity index (χ1n) is 9.12. The number of nitrogens with zero attached hydrogens (tertiary/aromatic N) is 1. The molecule has 0 bridgehead atoms. The van der Waals surface area contributed by atoms with Crippen LogP contribution in [-0.4, -0.2) is 16.9 Å². The molecule has 4 rings (SSSR count). The van der Waals surface area contributed by atoms with Gasteiger partial charge >= 0.3 is 0 Å². The summed E-state index contributed by atoms with van der Waals surface area (Å²) in [5, 5.41) is 3.67. The van der Waals surface area contributed by atoms with Gasteiger partial charge in [-0.25, -0.2) is 0 Å². The van der Waals surface area contributed by atoms with Crippen molar-refractivity contribution in [3.8, 4) is 11.5 Å². The molecule has 31 heavy (non-hydrogen) atoms. The van der Waals surface area contributed by atoms with Gasteiger partial charge in [-0.2, -0.15) is 0 Å². The van der Waals surface area contributed by atoms with Crippen LogP contribution in [-0.2, 0) is 9.59 Å². The molecule has 0 saturated carbocycles. The van der Waals surface area contributed by atoms with Crippen LogP contribution in [0.3, 0.4) is 0 Å². The second-order valence-corrected chi connectivity index (χ2v) is 7.79. The highest BCUT2D eigenvalue weighted by molar-refractivity contribution is 7.80. The van der Waals surface area contributed by atoms with Gasteiger partial charge < -0.3 is 4.74 Å². The van der Waals surface area contributed by atoms with E-state index in [-0.39, 0.29) is 10.7 Å². The van der Waals surface area contributed by atoms with E-state index in [0.29, 0.717) is 32.8 Å². The Morgan fingerprint density at radius 3 is 2.16 bits per heavy atom. The van der Waals surface area contributed by atoms with Crippen LogP contribution in [0.2, 0.25) is 10.0 Å². The maximum absolute atomic E-state index is 13.2. The van der Waals surface area contributed by atoms with Gasteiger partial charge in [-0.1, -0.05) is 41.4 Å². The Balaban J connectivity index is 1.69. The van der Waals surface area contributed by atoms with E-state index >= 15 is 0 Å². The molecule has 3 aromatic carbocycles. The van der Waals surface area contributed by atoms with Crippen LogP contribution >= 0.6 is 35.4 Å². The minimum atomic E-state index is -0.582. The summed E-state index contributed by atoms with van der Waals surface area (Å²) in [4.78, 5) is 27.0. The number of carbonyl (C=O) groups excluding carboxylic acids is 2. The molecule has 154 valence electrons. The number of benzene rings is 3. The second kappa shape index (κ2) is 8.89. The molecule has 0 atom stereocenters. The Morgan fingerprint density at radius 2 is 1.48 bits per heavy atom. The van der Waals surface area contributed by atoms with Gasteiger partial charge in [0.15, 0.2) is 5.11 Å². The number of nitrogens with one attached hydrogen (secondary N) is 1. The lowest BCUT2D eigenvalue weighted by Gasteiger charge is -2.29. The van der Waals surface area contributed by atoms with Crippen molar-refractivity contribution >= 4 is 64.1 Å². The molecule has 1 aliphatic rings. The third-order valence-electron chi connectivity index (χ3n) is 4.45. The number of ether oxygens (including phenoxy) is 1. The lowest BCUT2D eigenvalue weighted by Crippen LogP contribution is -2.54. The maximum Gasteiger partial charge on any atom is 0.270 e. The zero-order valence-corrected chi connectivity index (χ0v) is 18.2. The van der Waals surface area contributed by atoms with Crippen molar-refractivity contribution in [1.29, 1.82) is 0 Å². The fourth-order valence-corrected chi connectivity index (χ4v) is 3.49. The number of carbonyl (C=O) groups is 2. The number of anilines is 1. The first-order chi connectivity index (χ1) is 14.9. The molecule has 1 saturated heterocycles. The van der Waals surface area contributed by atoms with Gasteiger partial charge in [-0.3, -0.25) is 19.8 Å². The average molecular weight is 469 g/mol. The van der Waals surface area contributed by atoms with Crippen molar-refractivity contribution in [1.82, 2.24) is 5.32 Å². The molecule has 0 spiro atoms. The summed E-state index contributed by atoms with van der Waals surface area (Å²) in [5.41, 5.74) is 0.978. The normalized spacial score (nSPS) is 15.2. The van der Waals surface area contributed by atoms with E-state index in [1.165, 1.54) is 11.0 Å². The van der Waals surface area contributed by atoms with Gasteiger partial charge in [0.2, 0.25) is 0 Å². The molecule has 1 fully saturated rings. The van der Waals surface area contributed by atoms with E-state index in [1.54, 1.807) is 72.8 Å². The number of halogens is 2. The zero-order chi connectivity index (χ0) is 22.0. The van der Waals surface area contributed by atoms with E-state index in [4.69, 9.17) is 40.2 Å². The molecule has 8 heteroatoms. The van der Waals surface area contributed by atoms with Crippen LogP contribution in [0.25, 0.3) is 6.08 Å². The maximum atomic E-state index is 13.2. The Labute approximate surface area is 193 Å². The smallest absolute Gasteiger partial charge is 0.270 e. The van der Waals surface area contributed by atoms with Crippen molar-refractivity contribution in [3.63, 3.8) is 0 Å². The van der Waals surface area contributed by atoms with E-state index in [0.717, 1.165) is 0 Å². The predicted octanol–water partition coefficient (Wildman–Crippen LogP) is 5.62. The first-order valence-corrected chi connectivity index (χ1v) is 10.3. The van der Waals surface area contributed by atoms with E-state index in [1.807, 2.05) is 0 Å². The summed E-state index contributed by atoms with van der Waals surface area (Å²) in [6.07, 6.45) is 1.48. The van der Waals surface area contributed by atoms with Crippen LogP contribution in [0.5, 0.6) is 11.5 Å². The average Bonchev–Trinajstić information content (AvgIpc) is 2.75. The third kappa shape index (κ3) is 4.61. The monoisotopic (exact) mass is 468 g/mol. The minimum absolute atomic E-state index is 0.000159. The summed E-state index contributed by atoms with van der Waals surface area (Å²) in [6, 6.07) is 20.5. The molecule has 0 aromatic heterocycles. The van der Waals surface area contributed by atoms with Gasteiger partial charge in [0, 0.05) is 15.6 Å². The highest BCUT2D eigenvalue weighted by Gasteiger charge is 2.34. The fourth-order valence-electron chi connectivity index (χ4n) is 2.96. The van der Waals surface area contributed by atoms with E-state index in [2.05, 4.69) is 5.32 Å². The number of thiocarbonyl (C=S) groups is 1. The number of rotatable bonds is 4. The summed E-state index contributed by atoms with van der Waals surface area (Å²) in [5.74, 6) is -0.0818. The highest BCUT2D eigenvalue weighted by Crippen LogP contribution is 2.29. The molecule has 0 aliphatic carbocycles. The molecule has 1 N–H and O–H groups in total. The third-order valence-corrected chi connectivity index (χ3v) is 5.24. The first kappa shape index (κ1) is 21.1. The minimum Gasteiger partial charge on any atom is -0.457 e. The number of hydrogen-bond donors (Lipinski definition) is 1. The summed E-state index contributed by atoms with van der Waals surface area (Å²) in [7, 11) is 0. The Morgan fingerprint density at radius 1 is 0.871 bits per heavy atom. The Bertz CT molecular complexity index is 1210. The van der Waals surface area contributed by atoms with Crippen LogP contribution in [0, 0.1) is 0 Å². The molecule has 1 heterocycles. The van der Waals surface area contributed by atoms with Crippen LogP contribution in [0.15, 0.2) is 78.4 Å². The number of amides is 2. The molecule has 0 unspecified atom stereocenters. The molecule has 0 radical (unpaired) electrons. The van der Waals surface area contributed by atoms with Gasteiger partial charge in [-0.05, 0) is 72.9 Å².